The second kappa shape index (κ2) is 7.87. The molecule has 3 aromatic rings. The number of imidazole rings is 1. The van der Waals surface area contributed by atoms with Crippen molar-refractivity contribution in [1.29, 1.82) is 0 Å². The van der Waals surface area contributed by atoms with Crippen LogP contribution in [0.4, 0.5) is 5.82 Å². The lowest BCUT2D eigenvalue weighted by molar-refractivity contribution is -0.173. The number of anilines is 1. The van der Waals surface area contributed by atoms with Crippen molar-refractivity contribution in [2.75, 3.05) is 12.3 Å². The summed E-state index contributed by atoms with van der Waals surface area (Å²) in [7, 11) is -4.26. The summed E-state index contributed by atoms with van der Waals surface area (Å²) in [6.45, 7) is -0.235. The largest absolute Gasteiger partial charge is 0.472 e. The maximum Gasteiger partial charge on any atom is 0.472 e. The SMILES string of the molecule is Nc1ncnc2c1nc(Sc1ccc(Cl)cc1)n2O[C@@H]1O[C@@H]2COP(=O)(O)O[C@H]2[C@H]1O. The van der Waals surface area contributed by atoms with Crippen LogP contribution >= 0.6 is 31.2 Å². The van der Waals surface area contributed by atoms with Crippen molar-refractivity contribution in [2.45, 2.75) is 34.7 Å². The first kappa shape index (κ1) is 20.9. The van der Waals surface area contributed by atoms with Crippen molar-refractivity contribution in [1.82, 2.24) is 19.7 Å². The average molecular weight is 488 g/mol. The van der Waals surface area contributed by atoms with E-state index in [1.165, 1.54) is 22.8 Å². The van der Waals surface area contributed by atoms with Crippen LogP contribution in [0.3, 0.4) is 0 Å². The third-order valence-electron chi connectivity index (χ3n) is 4.58. The lowest BCUT2D eigenvalue weighted by Crippen LogP contribution is -2.41. The molecule has 2 aliphatic heterocycles. The number of phosphoric ester groups is 1. The highest BCUT2D eigenvalue weighted by molar-refractivity contribution is 7.99. The van der Waals surface area contributed by atoms with Gasteiger partial charge in [0.1, 0.15) is 24.6 Å². The second-order valence-corrected chi connectivity index (χ2v) is 9.53. The summed E-state index contributed by atoms with van der Waals surface area (Å²) in [5, 5.41) is 11.5. The van der Waals surface area contributed by atoms with Gasteiger partial charge in [-0.1, -0.05) is 11.6 Å². The fourth-order valence-corrected chi connectivity index (χ4v) is 5.07. The van der Waals surface area contributed by atoms with Crippen LogP contribution in [0.15, 0.2) is 40.6 Å². The summed E-state index contributed by atoms with van der Waals surface area (Å²) in [6, 6.07) is 7.05. The molecule has 0 saturated carbocycles. The van der Waals surface area contributed by atoms with Gasteiger partial charge in [0.15, 0.2) is 11.3 Å². The number of aliphatic hydroxyl groups excluding tert-OH is 1. The van der Waals surface area contributed by atoms with Gasteiger partial charge in [-0.25, -0.2) is 19.5 Å². The quantitative estimate of drug-likeness (QED) is 0.451. The number of fused-ring (bicyclic) bond motifs is 2. The maximum absolute atomic E-state index is 11.7. The highest BCUT2D eigenvalue weighted by atomic mass is 35.5. The van der Waals surface area contributed by atoms with Crippen LogP contribution in [0.25, 0.3) is 11.2 Å². The van der Waals surface area contributed by atoms with Gasteiger partial charge in [-0.2, -0.15) is 0 Å². The molecule has 31 heavy (non-hydrogen) atoms. The molecule has 5 atom stereocenters. The number of nitrogens with zero attached hydrogens (tertiary/aromatic N) is 4. The second-order valence-electron chi connectivity index (χ2n) is 6.65. The Morgan fingerprint density at radius 3 is 2.87 bits per heavy atom. The number of rotatable bonds is 4. The predicted molar refractivity (Wildman–Crippen MR) is 107 cm³/mol. The van der Waals surface area contributed by atoms with E-state index < -0.39 is 32.4 Å². The van der Waals surface area contributed by atoms with Gasteiger partial charge in [-0.05, 0) is 36.0 Å². The van der Waals surface area contributed by atoms with E-state index in [1.807, 2.05) is 0 Å². The van der Waals surface area contributed by atoms with Crippen LogP contribution in [0.2, 0.25) is 5.02 Å². The van der Waals surface area contributed by atoms with E-state index in [9.17, 15) is 14.6 Å². The summed E-state index contributed by atoms with van der Waals surface area (Å²) in [6.07, 6.45) is -3.28. The number of halogens is 1. The van der Waals surface area contributed by atoms with Gasteiger partial charge >= 0.3 is 7.82 Å². The highest BCUT2D eigenvalue weighted by Crippen LogP contribution is 2.51. The molecule has 12 nitrogen and oxygen atoms in total. The molecular weight excluding hydrogens is 473 g/mol. The van der Waals surface area contributed by atoms with Gasteiger partial charge in [-0.15, -0.1) is 4.73 Å². The zero-order valence-corrected chi connectivity index (χ0v) is 17.9. The highest BCUT2D eigenvalue weighted by Gasteiger charge is 2.53. The smallest absolute Gasteiger partial charge is 0.384 e. The van der Waals surface area contributed by atoms with E-state index in [-0.39, 0.29) is 18.1 Å². The molecule has 2 aliphatic rings. The zero-order chi connectivity index (χ0) is 21.8. The summed E-state index contributed by atoms with van der Waals surface area (Å²) in [5.41, 5.74) is 6.47. The number of benzene rings is 1. The molecule has 2 fully saturated rings. The minimum Gasteiger partial charge on any atom is -0.384 e. The van der Waals surface area contributed by atoms with Gasteiger partial charge in [0.05, 0.1) is 6.61 Å². The van der Waals surface area contributed by atoms with E-state index in [0.29, 0.717) is 15.7 Å². The van der Waals surface area contributed by atoms with E-state index in [2.05, 4.69) is 15.0 Å². The molecule has 2 saturated heterocycles. The van der Waals surface area contributed by atoms with Crippen molar-refractivity contribution in [2.24, 2.45) is 0 Å². The van der Waals surface area contributed by atoms with E-state index in [1.54, 1.807) is 24.3 Å². The number of ether oxygens (including phenoxy) is 1. The Labute approximate surface area is 183 Å². The van der Waals surface area contributed by atoms with Crippen molar-refractivity contribution in [3.8, 4) is 0 Å². The van der Waals surface area contributed by atoms with Crippen LogP contribution in [-0.4, -0.2) is 60.9 Å². The Hall–Kier alpha value is -1.96. The van der Waals surface area contributed by atoms with Crippen LogP contribution in [0, 0.1) is 0 Å². The fraction of sp³-hybridized carbons (Fsp3) is 0.312. The minimum atomic E-state index is -4.26. The molecule has 4 heterocycles. The van der Waals surface area contributed by atoms with Crippen LogP contribution in [-0.2, 0) is 18.3 Å². The Morgan fingerprint density at radius 2 is 2.10 bits per heavy atom. The molecule has 2 aromatic heterocycles. The predicted octanol–water partition coefficient (Wildman–Crippen LogP) is 1.24. The normalized spacial score (nSPS) is 30.4. The van der Waals surface area contributed by atoms with Crippen molar-refractivity contribution >= 4 is 48.2 Å². The van der Waals surface area contributed by atoms with E-state index in [4.69, 9.17) is 36.0 Å². The first-order chi connectivity index (χ1) is 14.8. The Morgan fingerprint density at radius 1 is 1.32 bits per heavy atom. The number of aliphatic hydroxyl groups is 1. The molecule has 15 heteroatoms. The molecule has 0 spiro atoms. The number of hydrogen-bond acceptors (Lipinski definition) is 11. The molecule has 0 bridgehead atoms. The van der Waals surface area contributed by atoms with Gasteiger partial charge in [0, 0.05) is 9.92 Å². The van der Waals surface area contributed by atoms with Crippen molar-refractivity contribution in [3.63, 3.8) is 0 Å². The summed E-state index contributed by atoms with van der Waals surface area (Å²) < 4.78 is 28.3. The molecule has 0 aliphatic carbocycles. The maximum atomic E-state index is 11.7. The first-order valence-electron chi connectivity index (χ1n) is 8.89. The molecule has 0 amide bonds. The van der Waals surface area contributed by atoms with Gasteiger partial charge in [0.2, 0.25) is 10.8 Å². The van der Waals surface area contributed by atoms with Crippen molar-refractivity contribution in [3.05, 3.63) is 35.6 Å². The van der Waals surface area contributed by atoms with Gasteiger partial charge in [0.25, 0.3) is 6.29 Å². The molecule has 164 valence electrons. The standard InChI is InChI=1S/C16H15ClN5O7PS/c17-7-1-3-8(4-2-7)31-16-21-10-13(18)19-6-20-14(10)22(16)28-15-11(23)12-9(27-15)5-26-30(24,25)29-12/h1-4,6,9,11-12,15,23H,5H2,(H,24,25)(H2,18,19,20)/t9-,11-,12-,15+/m1/s1. The molecule has 1 unspecified atom stereocenters. The Balaban J connectivity index is 1.48. The number of nitrogens with two attached hydrogens (primary N) is 1. The van der Waals surface area contributed by atoms with Gasteiger partial charge < -0.3 is 25.3 Å². The molecular formula is C16H15ClN5O7PS. The van der Waals surface area contributed by atoms with Gasteiger partial charge in [-0.3, -0.25) is 9.05 Å². The lowest BCUT2D eigenvalue weighted by atomic mass is 10.1. The number of nitrogen functional groups attached to an aromatic ring is 1. The minimum absolute atomic E-state index is 0.143. The van der Waals surface area contributed by atoms with Crippen molar-refractivity contribution < 1.29 is 33.2 Å². The lowest BCUT2D eigenvalue weighted by Gasteiger charge is -2.27. The fourth-order valence-electron chi connectivity index (χ4n) is 3.15. The third kappa shape index (κ3) is 3.99. The summed E-state index contributed by atoms with van der Waals surface area (Å²) in [4.78, 5) is 28.8. The summed E-state index contributed by atoms with van der Waals surface area (Å²) >= 11 is 7.18. The number of aromatic nitrogens is 4. The zero-order valence-electron chi connectivity index (χ0n) is 15.4. The number of hydrogen-bond donors (Lipinski definition) is 3. The average Bonchev–Trinajstić information content (AvgIpc) is 3.22. The Bertz CT molecular complexity index is 1180. The monoisotopic (exact) mass is 487 g/mol. The molecule has 5 rings (SSSR count). The topological polar surface area (TPSA) is 164 Å². The third-order valence-corrected chi connectivity index (χ3v) is 6.77. The molecule has 0 radical (unpaired) electrons. The van der Waals surface area contributed by atoms with E-state index >= 15 is 0 Å². The molecule has 4 N–H and O–H groups in total. The Kier molecular flexibility index (Phi) is 5.31. The molecule has 1 aromatic carbocycles. The van der Waals surface area contributed by atoms with Crippen LogP contribution in [0.5, 0.6) is 0 Å². The van der Waals surface area contributed by atoms with E-state index in [0.717, 1.165) is 4.90 Å². The summed E-state index contributed by atoms with van der Waals surface area (Å²) in [5.74, 6) is 0.143. The van der Waals surface area contributed by atoms with Crippen LogP contribution in [0.1, 0.15) is 0 Å². The first-order valence-corrected chi connectivity index (χ1v) is 11.6. The van der Waals surface area contributed by atoms with Crippen LogP contribution < -0.4 is 10.6 Å². The number of phosphoric acid groups is 1.